The van der Waals surface area contributed by atoms with Gasteiger partial charge >= 0.3 is 5.97 Å². The van der Waals surface area contributed by atoms with Crippen LogP contribution in [-0.2, 0) is 11.3 Å². The molecule has 1 heterocycles. The smallest absolute Gasteiger partial charge is 0.303 e. The van der Waals surface area contributed by atoms with Gasteiger partial charge in [-0.05, 0) is 74.2 Å². The molecule has 210 valence electrons. The molecule has 0 amide bonds. The predicted octanol–water partition coefficient (Wildman–Crippen LogP) is 7.54. The average molecular weight is 521 g/mol. The van der Waals surface area contributed by atoms with E-state index in [0.29, 0.717) is 24.3 Å². The lowest BCUT2D eigenvalue weighted by Crippen LogP contribution is -2.51. The molecule has 1 aromatic rings. The monoisotopic (exact) mass is 520 g/mol. The van der Waals surface area contributed by atoms with E-state index < -0.39 is 5.97 Å². The Bertz CT molecular complexity index is 867. The largest absolute Gasteiger partial charge is 0.481 e. The number of aliphatic carboxylic acids is 1. The molecule has 1 aliphatic heterocycles. The van der Waals surface area contributed by atoms with Gasteiger partial charge in [0.15, 0.2) is 0 Å². The normalized spacial score (nSPS) is 28.3. The van der Waals surface area contributed by atoms with E-state index in [9.17, 15) is 9.90 Å². The van der Waals surface area contributed by atoms with Crippen LogP contribution in [0, 0.1) is 23.7 Å². The first kappa shape index (κ1) is 27.9. The summed E-state index contributed by atoms with van der Waals surface area (Å²) in [6.45, 7) is 5.61. The molecule has 1 N–H and O–H groups in total. The van der Waals surface area contributed by atoms with Gasteiger partial charge in [-0.3, -0.25) is 14.6 Å². The van der Waals surface area contributed by atoms with Gasteiger partial charge in [-0.15, -0.1) is 0 Å². The van der Waals surface area contributed by atoms with Crippen LogP contribution in [0.25, 0.3) is 0 Å². The van der Waals surface area contributed by atoms with Crippen molar-refractivity contribution in [2.45, 2.75) is 109 Å². The van der Waals surface area contributed by atoms with Crippen LogP contribution in [0.15, 0.2) is 42.0 Å². The van der Waals surface area contributed by atoms with E-state index in [-0.39, 0.29) is 0 Å². The van der Waals surface area contributed by atoms with Crippen molar-refractivity contribution in [3.63, 3.8) is 0 Å². The van der Waals surface area contributed by atoms with Gasteiger partial charge in [-0.25, -0.2) is 0 Å². The topological polar surface area (TPSA) is 43.8 Å². The third-order valence-electron chi connectivity index (χ3n) is 10.3. The second-order valence-electron chi connectivity index (χ2n) is 13.1. The Kier molecular flexibility index (Phi) is 10.4. The molecule has 0 spiro atoms. The van der Waals surface area contributed by atoms with Gasteiger partial charge in [0.05, 0.1) is 0 Å². The molecule has 4 heteroatoms. The number of rotatable bonds is 10. The number of carboxylic acids is 1. The van der Waals surface area contributed by atoms with E-state index in [2.05, 4.69) is 46.2 Å². The van der Waals surface area contributed by atoms with Crippen molar-refractivity contribution in [1.82, 2.24) is 9.80 Å². The molecule has 3 fully saturated rings. The Morgan fingerprint density at radius 1 is 0.842 bits per heavy atom. The zero-order chi connectivity index (χ0) is 26.2. The summed E-state index contributed by atoms with van der Waals surface area (Å²) in [5.74, 6) is 1.79. The van der Waals surface area contributed by atoms with Gasteiger partial charge in [-0.1, -0.05) is 86.9 Å². The average Bonchev–Trinajstić information content (AvgIpc) is 2.95. The maximum Gasteiger partial charge on any atom is 0.303 e. The minimum Gasteiger partial charge on any atom is -0.481 e. The Morgan fingerprint density at radius 3 is 2.08 bits per heavy atom. The van der Waals surface area contributed by atoms with E-state index in [1.54, 1.807) is 5.57 Å². The fourth-order valence-corrected chi connectivity index (χ4v) is 8.44. The minimum atomic E-state index is -0.603. The zero-order valence-electron chi connectivity index (χ0n) is 23.7. The van der Waals surface area contributed by atoms with Crippen molar-refractivity contribution in [2.75, 3.05) is 26.2 Å². The van der Waals surface area contributed by atoms with Gasteiger partial charge in [0.25, 0.3) is 0 Å². The molecule has 0 bridgehead atoms. The number of nitrogens with zero attached hydrogens (tertiary/aromatic N) is 2. The summed E-state index contributed by atoms with van der Waals surface area (Å²) in [4.78, 5) is 17.5. The molecule has 0 saturated heterocycles. The highest BCUT2D eigenvalue weighted by molar-refractivity contribution is 5.67. The summed E-state index contributed by atoms with van der Waals surface area (Å²) in [6, 6.07) is 11.4. The van der Waals surface area contributed by atoms with Crippen molar-refractivity contribution in [1.29, 1.82) is 0 Å². The van der Waals surface area contributed by atoms with Gasteiger partial charge in [0, 0.05) is 45.2 Å². The standard InChI is InChI=1S/C34H52N2O2/c37-33(38)23-31-17-10-18-32(34(31)30-19-21-35(22-20-30)24-27-11-4-1-5-12-27)36(25-28-13-6-2-7-14-28)26-29-15-8-3-9-16-29/h1,4-5,11-12,19,28-29,31-32,34H,2-3,6-10,13-18,20-26H2,(H,37,38)/t31-,32-,34-/m1/s1. The van der Waals surface area contributed by atoms with Gasteiger partial charge in [0.1, 0.15) is 0 Å². The maximum absolute atomic E-state index is 12.0. The molecular formula is C34H52N2O2. The lowest BCUT2D eigenvalue weighted by Gasteiger charge is -2.48. The highest BCUT2D eigenvalue weighted by Gasteiger charge is 2.41. The summed E-state index contributed by atoms with van der Waals surface area (Å²) in [5, 5.41) is 9.89. The van der Waals surface area contributed by atoms with Gasteiger partial charge in [-0.2, -0.15) is 0 Å². The molecule has 5 rings (SSSR count). The molecular weight excluding hydrogens is 468 g/mol. The second-order valence-corrected chi connectivity index (χ2v) is 13.1. The quantitative estimate of drug-likeness (QED) is 0.324. The van der Waals surface area contributed by atoms with Crippen LogP contribution >= 0.6 is 0 Å². The number of carboxylic acid groups (broad SMARTS) is 1. The van der Waals surface area contributed by atoms with E-state index in [0.717, 1.165) is 44.3 Å². The van der Waals surface area contributed by atoms with E-state index in [1.165, 1.54) is 95.7 Å². The van der Waals surface area contributed by atoms with Crippen LogP contribution in [0.3, 0.4) is 0 Å². The van der Waals surface area contributed by atoms with E-state index in [1.807, 2.05) is 0 Å². The van der Waals surface area contributed by atoms with E-state index in [4.69, 9.17) is 0 Å². The van der Waals surface area contributed by atoms with Crippen molar-refractivity contribution in [2.24, 2.45) is 23.7 Å². The van der Waals surface area contributed by atoms with Crippen LogP contribution in [0.5, 0.6) is 0 Å². The van der Waals surface area contributed by atoms with Crippen LogP contribution in [0.2, 0.25) is 0 Å². The van der Waals surface area contributed by atoms with Crippen molar-refractivity contribution in [3.8, 4) is 0 Å². The third kappa shape index (κ3) is 7.72. The third-order valence-corrected chi connectivity index (χ3v) is 10.3. The summed E-state index contributed by atoms with van der Waals surface area (Å²) in [7, 11) is 0. The number of carbonyl (C=O) groups is 1. The second kappa shape index (κ2) is 14.1. The van der Waals surface area contributed by atoms with Crippen LogP contribution < -0.4 is 0 Å². The Hall–Kier alpha value is -1.65. The summed E-state index contributed by atoms with van der Waals surface area (Å²) >= 11 is 0. The highest BCUT2D eigenvalue weighted by atomic mass is 16.4. The highest BCUT2D eigenvalue weighted by Crippen LogP contribution is 2.43. The molecule has 0 radical (unpaired) electrons. The zero-order valence-corrected chi connectivity index (χ0v) is 23.7. The molecule has 3 saturated carbocycles. The van der Waals surface area contributed by atoms with Gasteiger partial charge < -0.3 is 5.11 Å². The molecule has 3 aliphatic carbocycles. The fourth-order valence-electron chi connectivity index (χ4n) is 8.44. The predicted molar refractivity (Wildman–Crippen MR) is 156 cm³/mol. The molecule has 3 atom stereocenters. The van der Waals surface area contributed by atoms with Crippen molar-refractivity contribution in [3.05, 3.63) is 47.5 Å². The first-order valence-corrected chi connectivity index (χ1v) is 16.1. The molecule has 4 nitrogen and oxygen atoms in total. The summed E-state index contributed by atoms with van der Waals surface area (Å²) < 4.78 is 0. The Balaban J connectivity index is 1.35. The first-order valence-electron chi connectivity index (χ1n) is 16.1. The Morgan fingerprint density at radius 2 is 1.50 bits per heavy atom. The van der Waals surface area contributed by atoms with Gasteiger partial charge in [0.2, 0.25) is 0 Å². The number of hydrogen-bond acceptors (Lipinski definition) is 3. The van der Waals surface area contributed by atoms with Crippen molar-refractivity contribution >= 4 is 5.97 Å². The fraction of sp³-hybridized carbons (Fsp3) is 0.735. The van der Waals surface area contributed by atoms with Crippen LogP contribution in [0.1, 0.15) is 102 Å². The summed E-state index contributed by atoms with van der Waals surface area (Å²) in [6.07, 6.45) is 21.5. The van der Waals surface area contributed by atoms with Crippen molar-refractivity contribution < 1.29 is 9.90 Å². The van der Waals surface area contributed by atoms with Crippen LogP contribution in [0.4, 0.5) is 0 Å². The first-order chi connectivity index (χ1) is 18.7. The Labute approximate surface area is 231 Å². The lowest BCUT2D eigenvalue weighted by atomic mass is 9.68. The molecule has 0 unspecified atom stereocenters. The number of benzene rings is 1. The SMILES string of the molecule is O=C(O)C[C@H]1CCC[C@@H](N(CC2CCCCC2)CC2CCCCC2)[C@@H]1C1=CCN(Cc2ccccc2)CC1. The van der Waals surface area contributed by atoms with E-state index >= 15 is 0 Å². The molecule has 1 aromatic carbocycles. The number of hydrogen-bond donors (Lipinski definition) is 1. The van der Waals surface area contributed by atoms with Crippen LogP contribution in [-0.4, -0.2) is 53.1 Å². The molecule has 4 aliphatic rings. The lowest BCUT2D eigenvalue weighted by molar-refractivity contribution is -0.139. The minimum absolute atomic E-state index is 0.290. The summed E-state index contributed by atoms with van der Waals surface area (Å²) in [5.41, 5.74) is 2.97. The molecule has 38 heavy (non-hydrogen) atoms. The molecule has 0 aromatic heterocycles. The maximum atomic E-state index is 12.0.